The van der Waals surface area contributed by atoms with Gasteiger partial charge in [0.05, 0.1) is 17.7 Å². The summed E-state index contributed by atoms with van der Waals surface area (Å²) in [6, 6.07) is 11.0. The lowest BCUT2D eigenvalue weighted by Crippen LogP contribution is -2.39. The van der Waals surface area contributed by atoms with Gasteiger partial charge in [-0.15, -0.1) is 0 Å². The Balaban J connectivity index is 1.66. The molecule has 0 spiro atoms. The minimum atomic E-state index is -4.50. The van der Waals surface area contributed by atoms with Crippen LogP contribution in [-0.2, 0) is 15.8 Å². The molecule has 1 atom stereocenters. The molecule has 1 aliphatic heterocycles. The van der Waals surface area contributed by atoms with Gasteiger partial charge in [0.25, 0.3) is 5.91 Å². The average Bonchev–Trinajstić information content (AvgIpc) is 2.55. The first-order valence-electron chi connectivity index (χ1n) is 7.36. The summed E-state index contributed by atoms with van der Waals surface area (Å²) in [6.07, 6.45) is -5.88. The van der Waals surface area contributed by atoms with Crippen molar-refractivity contribution in [2.24, 2.45) is 0 Å². The zero-order valence-electron chi connectivity index (χ0n) is 12.8. The molecule has 0 fully saturated rings. The van der Waals surface area contributed by atoms with E-state index < -0.39 is 29.7 Å². The molecule has 0 unspecified atom stereocenters. The highest BCUT2D eigenvalue weighted by molar-refractivity contribution is 6.01. The fourth-order valence-electron chi connectivity index (χ4n) is 2.38. The molecule has 2 N–H and O–H groups in total. The second kappa shape index (κ2) is 6.46. The van der Waals surface area contributed by atoms with Gasteiger partial charge in [-0.25, -0.2) is 0 Å². The van der Waals surface area contributed by atoms with Crippen LogP contribution in [0.2, 0.25) is 0 Å². The third-order valence-electron chi connectivity index (χ3n) is 3.55. The lowest BCUT2D eigenvalue weighted by Gasteiger charge is -2.25. The number of halogens is 3. The van der Waals surface area contributed by atoms with Crippen LogP contribution in [-0.4, -0.2) is 17.9 Å². The van der Waals surface area contributed by atoms with Crippen LogP contribution >= 0.6 is 0 Å². The molecule has 0 radical (unpaired) electrons. The van der Waals surface area contributed by atoms with Crippen molar-refractivity contribution in [3.8, 4) is 5.75 Å². The number of fused-ring (bicyclic) bond motifs is 1. The van der Waals surface area contributed by atoms with Gasteiger partial charge < -0.3 is 15.4 Å². The number of benzene rings is 2. The van der Waals surface area contributed by atoms with E-state index in [1.54, 1.807) is 24.3 Å². The van der Waals surface area contributed by atoms with E-state index >= 15 is 0 Å². The Morgan fingerprint density at radius 1 is 1.16 bits per heavy atom. The smallest absolute Gasteiger partial charge is 0.416 e. The highest BCUT2D eigenvalue weighted by Crippen LogP contribution is 2.31. The third-order valence-corrected chi connectivity index (χ3v) is 3.55. The maximum absolute atomic E-state index is 12.7. The third kappa shape index (κ3) is 3.90. The van der Waals surface area contributed by atoms with Gasteiger partial charge in [-0.1, -0.05) is 18.2 Å². The standard InChI is InChI=1S/C17H13F3N2O3/c18-17(19,20)10-4-3-5-11(8-10)21-15(23)9-14-16(24)22-12-6-1-2-7-13(12)25-14/h1-8,14H,9H2,(H,21,23)(H,22,24)/t14-/m1/s1. The molecule has 0 saturated carbocycles. The molecule has 0 aromatic heterocycles. The molecule has 25 heavy (non-hydrogen) atoms. The Kier molecular flexibility index (Phi) is 4.35. The van der Waals surface area contributed by atoms with E-state index in [9.17, 15) is 22.8 Å². The van der Waals surface area contributed by atoms with Crippen molar-refractivity contribution in [2.45, 2.75) is 18.7 Å². The minimum Gasteiger partial charge on any atom is -0.478 e. The molecule has 0 saturated heterocycles. The zero-order chi connectivity index (χ0) is 18.0. The van der Waals surface area contributed by atoms with E-state index in [1.807, 2.05) is 0 Å². The Hall–Kier alpha value is -3.03. The second-order valence-corrected chi connectivity index (χ2v) is 5.42. The van der Waals surface area contributed by atoms with Gasteiger partial charge in [0, 0.05) is 5.69 Å². The number of amides is 2. The molecule has 2 amide bonds. The summed E-state index contributed by atoms with van der Waals surface area (Å²) in [6.45, 7) is 0. The van der Waals surface area contributed by atoms with E-state index in [1.165, 1.54) is 12.1 Å². The molecule has 0 bridgehead atoms. The van der Waals surface area contributed by atoms with Crippen molar-refractivity contribution in [1.29, 1.82) is 0 Å². The molecular weight excluding hydrogens is 337 g/mol. The van der Waals surface area contributed by atoms with Crippen molar-refractivity contribution < 1.29 is 27.5 Å². The molecule has 2 aromatic carbocycles. The van der Waals surface area contributed by atoms with Crippen molar-refractivity contribution in [1.82, 2.24) is 0 Å². The Morgan fingerprint density at radius 2 is 1.92 bits per heavy atom. The molecule has 1 heterocycles. The van der Waals surface area contributed by atoms with Gasteiger partial charge >= 0.3 is 6.18 Å². The summed E-state index contributed by atoms with van der Waals surface area (Å²) in [4.78, 5) is 24.0. The lowest BCUT2D eigenvalue weighted by molar-refractivity contribution is -0.137. The van der Waals surface area contributed by atoms with E-state index in [0.29, 0.717) is 11.4 Å². The Labute approximate surface area is 140 Å². The summed E-state index contributed by atoms with van der Waals surface area (Å²) in [5.74, 6) is -0.685. The van der Waals surface area contributed by atoms with E-state index in [0.717, 1.165) is 12.1 Å². The van der Waals surface area contributed by atoms with Crippen molar-refractivity contribution >= 4 is 23.2 Å². The van der Waals surface area contributed by atoms with Crippen LogP contribution in [0.5, 0.6) is 5.75 Å². The number of anilines is 2. The predicted molar refractivity (Wildman–Crippen MR) is 84.2 cm³/mol. The molecule has 0 aliphatic carbocycles. The second-order valence-electron chi connectivity index (χ2n) is 5.42. The molecule has 5 nitrogen and oxygen atoms in total. The van der Waals surface area contributed by atoms with Crippen LogP contribution in [0, 0.1) is 0 Å². The normalized spacial score (nSPS) is 16.4. The van der Waals surface area contributed by atoms with Gasteiger partial charge in [0.1, 0.15) is 5.75 Å². The van der Waals surface area contributed by atoms with Crippen LogP contribution < -0.4 is 15.4 Å². The number of alkyl halides is 3. The summed E-state index contributed by atoms with van der Waals surface area (Å²) in [5, 5.41) is 4.96. The van der Waals surface area contributed by atoms with Gasteiger partial charge in [-0.2, -0.15) is 13.2 Å². The predicted octanol–water partition coefficient (Wildman–Crippen LogP) is 3.43. The number of nitrogens with one attached hydrogen (secondary N) is 2. The summed E-state index contributed by atoms with van der Waals surface area (Å²) < 4.78 is 43.5. The summed E-state index contributed by atoms with van der Waals surface area (Å²) >= 11 is 0. The first kappa shape index (κ1) is 16.8. The number of carbonyl (C=O) groups excluding carboxylic acids is 2. The Morgan fingerprint density at radius 3 is 2.68 bits per heavy atom. The van der Waals surface area contributed by atoms with Gasteiger partial charge in [0.2, 0.25) is 5.91 Å². The maximum Gasteiger partial charge on any atom is 0.416 e. The van der Waals surface area contributed by atoms with Crippen molar-refractivity contribution in [3.63, 3.8) is 0 Å². The van der Waals surface area contributed by atoms with Gasteiger partial charge in [-0.05, 0) is 30.3 Å². The van der Waals surface area contributed by atoms with Crippen molar-refractivity contribution in [2.75, 3.05) is 10.6 Å². The molecule has 3 rings (SSSR count). The number of rotatable bonds is 3. The van der Waals surface area contributed by atoms with E-state index in [4.69, 9.17) is 4.74 Å². The van der Waals surface area contributed by atoms with Crippen LogP contribution in [0.4, 0.5) is 24.5 Å². The van der Waals surface area contributed by atoms with Crippen LogP contribution in [0.15, 0.2) is 48.5 Å². The number of para-hydroxylation sites is 2. The maximum atomic E-state index is 12.7. The summed E-state index contributed by atoms with van der Waals surface area (Å²) in [7, 11) is 0. The topological polar surface area (TPSA) is 67.4 Å². The van der Waals surface area contributed by atoms with E-state index in [-0.39, 0.29) is 12.1 Å². The molecule has 130 valence electrons. The number of ether oxygens (including phenoxy) is 1. The summed E-state index contributed by atoms with van der Waals surface area (Å²) in [5.41, 5.74) is -0.371. The monoisotopic (exact) mass is 350 g/mol. The molecular formula is C17H13F3N2O3. The van der Waals surface area contributed by atoms with Crippen molar-refractivity contribution in [3.05, 3.63) is 54.1 Å². The number of hydrogen-bond acceptors (Lipinski definition) is 3. The fourth-order valence-corrected chi connectivity index (χ4v) is 2.38. The van der Waals surface area contributed by atoms with Gasteiger partial charge in [0.15, 0.2) is 6.10 Å². The van der Waals surface area contributed by atoms with Gasteiger partial charge in [-0.3, -0.25) is 9.59 Å². The first-order chi connectivity index (χ1) is 11.8. The Bertz CT molecular complexity index is 821. The largest absolute Gasteiger partial charge is 0.478 e. The first-order valence-corrected chi connectivity index (χ1v) is 7.36. The van der Waals surface area contributed by atoms with Crippen LogP contribution in [0.3, 0.4) is 0 Å². The zero-order valence-corrected chi connectivity index (χ0v) is 12.8. The SMILES string of the molecule is O=C(C[C@H]1Oc2ccccc2NC1=O)Nc1cccc(C(F)(F)F)c1. The highest BCUT2D eigenvalue weighted by Gasteiger charge is 2.31. The van der Waals surface area contributed by atoms with E-state index in [2.05, 4.69) is 10.6 Å². The van der Waals surface area contributed by atoms with Crippen LogP contribution in [0.25, 0.3) is 0 Å². The number of carbonyl (C=O) groups is 2. The van der Waals surface area contributed by atoms with Crippen LogP contribution in [0.1, 0.15) is 12.0 Å². The minimum absolute atomic E-state index is 0.00329. The quantitative estimate of drug-likeness (QED) is 0.891. The lowest BCUT2D eigenvalue weighted by atomic mass is 10.1. The highest BCUT2D eigenvalue weighted by atomic mass is 19.4. The fraction of sp³-hybridized carbons (Fsp3) is 0.176. The molecule has 8 heteroatoms. The molecule has 2 aromatic rings. The number of hydrogen-bond donors (Lipinski definition) is 2. The average molecular weight is 350 g/mol. The molecule has 1 aliphatic rings.